The van der Waals surface area contributed by atoms with E-state index >= 15 is 0 Å². The Morgan fingerprint density at radius 1 is 0.760 bits per heavy atom. The third-order valence-corrected chi connectivity index (χ3v) is 8.26. The fourth-order valence-electron chi connectivity index (χ4n) is 2.04. The van der Waals surface area contributed by atoms with Crippen molar-refractivity contribution in [1.29, 1.82) is 0 Å². The van der Waals surface area contributed by atoms with Crippen molar-refractivity contribution in [1.82, 2.24) is 0 Å². The number of hydrogen-bond acceptors (Lipinski definition) is 12. The lowest BCUT2D eigenvalue weighted by Gasteiger charge is -2.10. The fraction of sp³-hybridized carbons (Fsp3) is 1.00. The van der Waals surface area contributed by atoms with Gasteiger partial charge in [0.25, 0.3) is 40.5 Å². The number of hydrogen-bond donors (Lipinski definition) is 0. The van der Waals surface area contributed by atoms with Crippen molar-refractivity contribution in [3.63, 3.8) is 0 Å². The highest BCUT2D eigenvalue weighted by Gasteiger charge is 2.35. The van der Waals surface area contributed by atoms with E-state index in [9.17, 15) is 33.7 Å². The smallest absolute Gasteiger partial charge is 0.267 e. The quantitative estimate of drug-likeness (QED) is 0.361. The first-order valence-corrected chi connectivity index (χ1v) is 13.1. The predicted molar refractivity (Wildman–Crippen MR) is 81.4 cm³/mol. The van der Waals surface area contributed by atoms with E-state index in [1.807, 2.05) is 0 Å². The van der Waals surface area contributed by atoms with Crippen LogP contribution < -0.4 is 0 Å². The molecule has 0 saturated carbocycles. The standard InChI is InChI=1S/C9H16O12S4/c10-22(11,20-8-4-18-24(14,15)6-8)2-1-3-23(12,13)21-9-5-19-25(16,17)7-9/h8-9H,1-7H2. The summed E-state index contributed by atoms with van der Waals surface area (Å²) in [6.45, 7) is -0.863. The molecule has 12 nitrogen and oxygen atoms in total. The summed E-state index contributed by atoms with van der Waals surface area (Å²) in [5.74, 6) is -2.59. The minimum Gasteiger partial charge on any atom is -0.267 e. The van der Waals surface area contributed by atoms with Crippen molar-refractivity contribution < 1.29 is 50.4 Å². The average molecular weight is 444 g/mol. The summed E-state index contributed by atoms with van der Waals surface area (Å²) in [6, 6.07) is 0. The zero-order valence-electron chi connectivity index (χ0n) is 12.6. The van der Waals surface area contributed by atoms with Crippen LogP contribution in [0, 0.1) is 0 Å². The molecule has 0 aromatic carbocycles. The maximum absolute atomic E-state index is 11.7. The molecule has 0 bridgehead atoms. The molecule has 2 aliphatic heterocycles. The fourth-order valence-corrected chi connectivity index (χ4v) is 6.81. The second-order valence-corrected chi connectivity index (χ2v) is 12.1. The lowest BCUT2D eigenvalue weighted by molar-refractivity contribution is 0.184. The normalized spacial score (nSPS) is 29.0. The van der Waals surface area contributed by atoms with E-state index < -0.39 is 88.9 Å². The maximum atomic E-state index is 11.7. The van der Waals surface area contributed by atoms with E-state index in [4.69, 9.17) is 0 Å². The Morgan fingerprint density at radius 2 is 1.12 bits per heavy atom. The maximum Gasteiger partial charge on any atom is 0.270 e. The molecule has 16 heteroatoms. The summed E-state index contributed by atoms with van der Waals surface area (Å²) in [7, 11) is -15.9. The van der Waals surface area contributed by atoms with Crippen LogP contribution in [0.3, 0.4) is 0 Å². The van der Waals surface area contributed by atoms with Gasteiger partial charge in [-0.15, -0.1) is 0 Å². The molecule has 0 aromatic heterocycles. The lowest BCUT2D eigenvalue weighted by Crippen LogP contribution is -2.26. The summed E-state index contributed by atoms with van der Waals surface area (Å²) in [6.07, 6.45) is -2.74. The summed E-state index contributed by atoms with van der Waals surface area (Å²) in [4.78, 5) is 0. The highest BCUT2D eigenvalue weighted by Crippen LogP contribution is 2.16. The van der Waals surface area contributed by atoms with Crippen LogP contribution in [0.25, 0.3) is 0 Å². The van der Waals surface area contributed by atoms with Crippen LogP contribution in [0.15, 0.2) is 0 Å². The van der Waals surface area contributed by atoms with E-state index in [1.54, 1.807) is 0 Å². The first kappa shape index (κ1) is 20.9. The zero-order valence-corrected chi connectivity index (χ0v) is 15.9. The van der Waals surface area contributed by atoms with Crippen molar-refractivity contribution in [2.24, 2.45) is 0 Å². The van der Waals surface area contributed by atoms with Crippen molar-refractivity contribution >= 4 is 40.5 Å². The molecule has 148 valence electrons. The molecule has 0 radical (unpaired) electrons. The first-order valence-electron chi connectivity index (χ1n) is 6.84. The third kappa shape index (κ3) is 7.05. The molecule has 2 rings (SSSR count). The second-order valence-electron chi connectivity index (χ2n) is 5.33. The zero-order chi connectivity index (χ0) is 18.9. The molecule has 2 fully saturated rings. The van der Waals surface area contributed by atoms with Gasteiger partial charge >= 0.3 is 0 Å². The minimum atomic E-state index is -4.17. The molecule has 0 amide bonds. The van der Waals surface area contributed by atoms with Crippen LogP contribution >= 0.6 is 0 Å². The Kier molecular flexibility index (Phi) is 6.15. The van der Waals surface area contributed by atoms with Crippen LogP contribution in [0.2, 0.25) is 0 Å². The van der Waals surface area contributed by atoms with Gasteiger partial charge in [-0.1, -0.05) is 0 Å². The van der Waals surface area contributed by atoms with Crippen LogP contribution in [0.1, 0.15) is 6.42 Å². The largest absolute Gasteiger partial charge is 0.270 e. The van der Waals surface area contributed by atoms with Crippen molar-refractivity contribution in [3.8, 4) is 0 Å². The second kappa shape index (κ2) is 7.34. The summed E-state index contributed by atoms with van der Waals surface area (Å²) in [5.41, 5.74) is 0. The summed E-state index contributed by atoms with van der Waals surface area (Å²) >= 11 is 0. The van der Waals surface area contributed by atoms with Gasteiger partial charge in [-0.2, -0.15) is 33.7 Å². The van der Waals surface area contributed by atoms with Gasteiger partial charge in [-0.05, 0) is 6.42 Å². The van der Waals surface area contributed by atoms with Gasteiger partial charge in [0.1, 0.15) is 23.7 Å². The first-order chi connectivity index (χ1) is 11.3. The van der Waals surface area contributed by atoms with E-state index in [0.717, 1.165) is 0 Å². The van der Waals surface area contributed by atoms with Crippen molar-refractivity contribution in [3.05, 3.63) is 0 Å². The van der Waals surface area contributed by atoms with Crippen LogP contribution in [-0.2, 0) is 57.2 Å². The molecular formula is C9H16O12S4. The highest BCUT2D eigenvalue weighted by molar-refractivity contribution is 7.88. The Morgan fingerprint density at radius 3 is 1.40 bits per heavy atom. The highest BCUT2D eigenvalue weighted by atomic mass is 32.2. The molecule has 2 unspecified atom stereocenters. The SMILES string of the molecule is O=S1(=O)CC(OS(=O)(=O)CCCS(=O)(=O)OC2COS(=O)(=O)C2)CO1. The van der Waals surface area contributed by atoms with Gasteiger partial charge in [-0.3, -0.25) is 16.7 Å². The van der Waals surface area contributed by atoms with Gasteiger partial charge < -0.3 is 0 Å². The Bertz CT molecular complexity index is 822. The van der Waals surface area contributed by atoms with E-state index in [-0.39, 0.29) is 6.42 Å². The van der Waals surface area contributed by atoms with E-state index in [0.29, 0.717) is 0 Å². The van der Waals surface area contributed by atoms with Crippen molar-refractivity contribution in [2.45, 2.75) is 18.6 Å². The average Bonchev–Trinajstić information content (AvgIpc) is 2.89. The minimum absolute atomic E-state index is 0.384. The molecule has 2 atom stereocenters. The monoisotopic (exact) mass is 444 g/mol. The molecule has 2 saturated heterocycles. The predicted octanol–water partition coefficient (Wildman–Crippen LogP) is -2.47. The lowest BCUT2D eigenvalue weighted by atomic mass is 10.5. The van der Waals surface area contributed by atoms with Crippen LogP contribution in [0.4, 0.5) is 0 Å². The molecule has 2 heterocycles. The molecule has 0 spiro atoms. The van der Waals surface area contributed by atoms with Gasteiger partial charge in [0.2, 0.25) is 0 Å². The molecule has 0 aliphatic carbocycles. The van der Waals surface area contributed by atoms with Gasteiger partial charge in [0.05, 0.1) is 24.7 Å². The Labute approximate surface area is 145 Å². The topological polar surface area (TPSA) is 173 Å². The molecule has 2 aliphatic rings. The third-order valence-electron chi connectivity index (χ3n) is 3.00. The molecule has 0 aromatic rings. The summed E-state index contributed by atoms with van der Waals surface area (Å²) in [5, 5.41) is 0. The Balaban J connectivity index is 1.78. The van der Waals surface area contributed by atoms with Gasteiger partial charge in [0, 0.05) is 0 Å². The molecule has 0 N–H and O–H groups in total. The van der Waals surface area contributed by atoms with Crippen molar-refractivity contribution in [2.75, 3.05) is 36.2 Å². The van der Waals surface area contributed by atoms with E-state index in [2.05, 4.69) is 16.7 Å². The van der Waals surface area contributed by atoms with Crippen LogP contribution in [-0.4, -0.2) is 82.1 Å². The Hall–Kier alpha value is -0.360. The van der Waals surface area contributed by atoms with Crippen LogP contribution in [0.5, 0.6) is 0 Å². The summed E-state index contributed by atoms with van der Waals surface area (Å²) < 4.78 is 109. The molecular weight excluding hydrogens is 428 g/mol. The van der Waals surface area contributed by atoms with Gasteiger partial charge in [-0.25, -0.2) is 0 Å². The van der Waals surface area contributed by atoms with Gasteiger partial charge in [0.15, 0.2) is 0 Å². The molecule has 25 heavy (non-hydrogen) atoms. The number of rotatable bonds is 8. The van der Waals surface area contributed by atoms with E-state index in [1.165, 1.54) is 0 Å².